The van der Waals surface area contributed by atoms with Gasteiger partial charge in [0.2, 0.25) is 0 Å². The van der Waals surface area contributed by atoms with Crippen molar-refractivity contribution in [3.05, 3.63) is 0 Å². The molecule has 0 aromatic rings. The Labute approximate surface area is 334 Å². The molecule has 342 valence electrons. The number of esters is 4. The maximum atomic E-state index is 14.3. The van der Waals surface area contributed by atoms with Crippen LogP contribution in [0.4, 0.5) is 35.1 Å². The van der Waals surface area contributed by atoms with Gasteiger partial charge in [0, 0.05) is 18.4 Å². The molecule has 0 rings (SSSR count). The third kappa shape index (κ3) is 24.9. The van der Waals surface area contributed by atoms with Crippen LogP contribution in [0, 0.1) is 35.5 Å². The molecule has 0 bridgehead atoms. The fraction of sp³-hybridized carbons (Fsp3) is 0.892. The third-order valence-electron chi connectivity index (χ3n) is 8.75. The normalized spacial score (nSPS) is 15.8. The van der Waals surface area contributed by atoms with Gasteiger partial charge in [-0.2, -0.15) is 26.3 Å². The van der Waals surface area contributed by atoms with Gasteiger partial charge in [0.05, 0.1) is 56.7 Å². The molecular weight excluding hydrogens is 804 g/mol. The smallest absolute Gasteiger partial charge is 0.465 e. The zero-order valence-electron chi connectivity index (χ0n) is 34.4. The highest BCUT2D eigenvalue weighted by Gasteiger charge is 2.51. The minimum absolute atomic E-state index is 0.0387. The van der Waals surface area contributed by atoms with E-state index in [1.54, 1.807) is 55.4 Å². The molecule has 0 saturated carbocycles. The first-order valence-corrected chi connectivity index (χ1v) is 19.2. The van der Waals surface area contributed by atoms with Crippen molar-refractivity contribution >= 4 is 23.9 Å². The van der Waals surface area contributed by atoms with Crippen molar-refractivity contribution in [1.29, 1.82) is 0 Å². The molecule has 0 spiro atoms. The van der Waals surface area contributed by atoms with E-state index >= 15 is 0 Å². The molecule has 0 N–H and O–H groups in total. The summed E-state index contributed by atoms with van der Waals surface area (Å²) in [4.78, 5) is 48.1. The highest BCUT2D eigenvalue weighted by Crippen LogP contribution is 2.33. The number of alkyl halides is 8. The van der Waals surface area contributed by atoms with Crippen LogP contribution in [0.1, 0.15) is 93.9 Å². The Morgan fingerprint density at radius 2 is 0.793 bits per heavy atom. The summed E-state index contributed by atoms with van der Waals surface area (Å²) in [5.41, 5.74) is 0. The Bertz CT molecular complexity index is 1190. The van der Waals surface area contributed by atoms with E-state index in [0.29, 0.717) is 25.7 Å². The minimum Gasteiger partial charge on any atom is -0.465 e. The van der Waals surface area contributed by atoms with Crippen LogP contribution < -0.4 is 0 Å². The second-order valence-electron chi connectivity index (χ2n) is 14.0. The van der Waals surface area contributed by atoms with Crippen molar-refractivity contribution in [2.24, 2.45) is 35.5 Å². The average Bonchev–Trinajstić information content (AvgIpc) is 3.15. The number of carbonyl (C=O) groups excluding carboxylic acids is 4. The molecule has 0 aromatic carbocycles. The predicted octanol–water partition coefficient (Wildman–Crippen LogP) is 7.77. The molecule has 13 nitrogen and oxygen atoms in total. The number of hydrogen-bond acceptors (Lipinski definition) is 13. The van der Waals surface area contributed by atoms with E-state index in [-0.39, 0.29) is 39.3 Å². The molecule has 0 amide bonds. The van der Waals surface area contributed by atoms with Crippen LogP contribution >= 0.6 is 0 Å². The van der Waals surface area contributed by atoms with Crippen LogP contribution in [0.15, 0.2) is 0 Å². The number of carbonyl (C=O) groups is 4. The summed E-state index contributed by atoms with van der Waals surface area (Å²) in [6, 6.07) is 0. The predicted molar refractivity (Wildman–Crippen MR) is 187 cm³/mol. The quantitative estimate of drug-likeness (QED) is 0.0208. The van der Waals surface area contributed by atoms with Gasteiger partial charge < -0.3 is 28.4 Å². The van der Waals surface area contributed by atoms with Crippen LogP contribution in [0.3, 0.4) is 0 Å². The van der Waals surface area contributed by atoms with Crippen molar-refractivity contribution in [3.63, 3.8) is 0 Å². The maximum absolute atomic E-state index is 14.3. The molecule has 58 heavy (non-hydrogen) atoms. The molecule has 0 saturated heterocycles. The summed E-state index contributed by atoms with van der Waals surface area (Å²) in [5, 5.41) is 0. The maximum Gasteiger partial charge on any atom is 0.490 e. The van der Waals surface area contributed by atoms with E-state index in [9.17, 15) is 54.3 Å². The SMILES string of the molecule is CCC(C)C(=O)OCCC(COCC(F)(F)OC(F)(F)COC(F)(F)OC(F)(F)COCCC(COC(=O)C(C)CC)COC(=O)C(C)CC)COC(=O)C(C)CC. The van der Waals surface area contributed by atoms with Gasteiger partial charge in [-0.25, -0.2) is 4.74 Å². The molecule has 5 atom stereocenters. The van der Waals surface area contributed by atoms with Crippen molar-refractivity contribution in [2.75, 3.05) is 59.5 Å². The van der Waals surface area contributed by atoms with Gasteiger partial charge in [0.15, 0.2) is 0 Å². The van der Waals surface area contributed by atoms with E-state index in [1.807, 2.05) is 0 Å². The summed E-state index contributed by atoms with van der Waals surface area (Å²) in [6.07, 6.45) is -18.7. The zero-order chi connectivity index (χ0) is 44.7. The Hall–Kier alpha value is -2.88. The van der Waals surface area contributed by atoms with Crippen molar-refractivity contribution in [1.82, 2.24) is 0 Å². The van der Waals surface area contributed by atoms with E-state index < -0.39 is 117 Å². The Kier molecular flexibility index (Phi) is 25.7. The van der Waals surface area contributed by atoms with Crippen LogP contribution in [-0.4, -0.2) is 108 Å². The summed E-state index contributed by atoms with van der Waals surface area (Å²) in [7, 11) is 0. The summed E-state index contributed by atoms with van der Waals surface area (Å²) in [6.45, 7) is 4.67. The lowest BCUT2D eigenvalue weighted by Crippen LogP contribution is -2.44. The van der Waals surface area contributed by atoms with Gasteiger partial charge in [-0.05, 0) is 38.5 Å². The van der Waals surface area contributed by atoms with E-state index in [1.165, 1.54) is 0 Å². The average molecular weight is 865 g/mol. The number of ether oxygens (including phenoxy) is 9. The molecular formula is C37H60F8O13. The largest absolute Gasteiger partial charge is 0.490 e. The lowest BCUT2D eigenvalue weighted by atomic mass is 10.1. The Morgan fingerprint density at radius 1 is 0.448 bits per heavy atom. The Balaban J connectivity index is 5.13. The van der Waals surface area contributed by atoms with E-state index in [4.69, 9.17) is 28.4 Å². The second kappa shape index (κ2) is 27.1. The molecule has 0 fully saturated rings. The van der Waals surface area contributed by atoms with Gasteiger partial charge in [0.1, 0.15) is 19.8 Å². The highest BCUT2D eigenvalue weighted by molar-refractivity contribution is 5.73. The fourth-order valence-electron chi connectivity index (χ4n) is 4.05. The number of rotatable bonds is 33. The minimum atomic E-state index is -5.46. The molecule has 0 heterocycles. The highest BCUT2D eigenvalue weighted by atomic mass is 19.3. The third-order valence-corrected chi connectivity index (χ3v) is 8.75. The van der Waals surface area contributed by atoms with Crippen LogP contribution in [-0.2, 0) is 61.8 Å². The van der Waals surface area contributed by atoms with Gasteiger partial charge >= 0.3 is 48.5 Å². The van der Waals surface area contributed by atoms with Crippen molar-refractivity contribution < 1.29 is 96.9 Å². The molecule has 5 unspecified atom stereocenters. The first-order chi connectivity index (χ1) is 26.8. The zero-order valence-corrected chi connectivity index (χ0v) is 34.4. The lowest BCUT2D eigenvalue weighted by molar-refractivity contribution is -0.490. The molecule has 0 aliphatic carbocycles. The van der Waals surface area contributed by atoms with Gasteiger partial charge in [-0.15, -0.1) is 8.78 Å². The number of halogens is 8. The van der Waals surface area contributed by atoms with Crippen LogP contribution in [0.2, 0.25) is 0 Å². The van der Waals surface area contributed by atoms with E-state index in [2.05, 4.69) is 14.2 Å². The molecule has 0 aliphatic heterocycles. The summed E-state index contributed by atoms with van der Waals surface area (Å²) < 4.78 is 153. The first kappa shape index (κ1) is 55.1. The van der Waals surface area contributed by atoms with Crippen molar-refractivity contribution in [3.8, 4) is 0 Å². The van der Waals surface area contributed by atoms with Crippen LogP contribution in [0.25, 0.3) is 0 Å². The summed E-state index contributed by atoms with van der Waals surface area (Å²) >= 11 is 0. The topological polar surface area (TPSA) is 151 Å². The van der Waals surface area contributed by atoms with Gasteiger partial charge in [0.25, 0.3) is 0 Å². The van der Waals surface area contributed by atoms with Gasteiger partial charge in [-0.3, -0.25) is 28.7 Å². The number of hydrogen-bond donors (Lipinski definition) is 0. The first-order valence-electron chi connectivity index (χ1n) is 19.2. The molecule has 21 heteroatoms. The lowest BCUT2D eigenvalue weighted by Gasteiger charge is -2.27. The summed E-state index contributed by atoms with van der Waals surface area (Å²) in [5.74, 6) is -5.68. The molecule has 0 aliphatic rings. The molecule has 0 aromatic heterocycles. The fourth-order valence-corrected chi connectivity index (χ4v) is 4.05. The van der Waals surface area contributed by atoms with Crippen molar-refractivity contribution in [2.45, 2.75) is 119 Å². The van der Waals surface area contributed by atoms with Gasteiger partial charge in [-0.1, -0.05) is 55.4 Å². The monoisotopic (exact) mass is 864 g/mol. The van der Waals surface area contributed by atoms with E-state index in [0.717, 1.165) is 0 Å². The standard InChI is InChI=1S/C37H60F8O13/c1-9-24(5)30(46)52-16-14-28(18-53-31(47)25(6)10-2)17-51-22-34(38,39)57-36(42,43)23-56-37(44,45)58-35(40,41)21-50-15-13-29(19-54-32(48)26(7)11-3)20-55-33(49)27(8)12-4/h24-29H,9-23H2,1-8H3. The second-order valence-corrected chi connectivity index (χ2v) is 14.0. The van der Waals surface area contributed by atoms with Crippen LogP contribution in [0.5, 0.6) is 0 Å². The molecule has 0 radical (unpaired) electrons. The Morgan fingerprint density at radius 3 is 1.22 bits per heavy atom.